The van der Waals surface area contributed by atoms with Crippen LogP contribution in [0.15, 0.2) is 42.5 Å². The number of ether oxygens (including phenoxy) is 2. The van der Waals surface area contributed by atoms with Crippen molar-refractivity contribution >= 4 is 35.2 Å². The van der Waals surface area contributed by atoms with Gasteiger partial charge in [0.05, 0.1) is 0 Å². The second-order valence-electron chi connectivity index (χ2n) is 10.4. The van der Waals surface area contributed by atoms with Crippen LogP contribution in [0, 0.1) is 5.82 Å². The van der Waals surface area contributed by atoms with E-state index in [-0.39, 0.29) is 40.4 Å². The number of amides is 3. The molecule has 2 aromatic carbocycles. The van der Waals surface area contributed by atoms with E-state index >= 15 is 0 Å². The number of hydrogen-bond donors (Lipinski definition) is 1. The van der Waals surface area contributed by atoms with E-state index in [4.69, 9.17) is 21.1 Å². The Kier molecular flexibility index (Phi) is 9.22. The summed E-state index contributed by atoms with van der Waals surface area (Å²) in [6, 6.07) is 11.1. The molecule has 2 saturated heterocycles. The normalized spacial score (nSPS) is 19.6. The number of carbonyl (C=O) groups excluding carboxylic acids is 3. The van der Waals surface area contributed by atoms with Gasteiger partial charge in [-0.15, -0.1) is 0 Å². The Hall–Kier alpha value is -2.64. The van der Waals surface area contributed by atoms with Crippen molar-refractivity contribution in [3.63, 3.8) is 0 Å². The van der Waals surface area contributed by atoms with Gasteiger partial charge in [0.15, 0.2) is 0 Å². The first-order chi connectivity index (χ1) is 18.4. The summed E-state index contributed by atoms with van der Waals surface area (Å²) >= 11 is 5.20. The van der Waals surface area contributed by atoms with Crippen LogP contribution in [0.2, 0.25) is 5.02 Å². The summed E-state index contributed by atoms with van der Waals surface area (Å²) in [5.41, 5.74) is 0.762. The van der Waals surface area contributed by atoms with Gasteiger partial charge in [-0.25, -0.2) is 0 Å². The maximum absolute atomic E-state index is 13.5. The zero-order chi connectivity index (χ0) is 28.3. The summed E-state index contributed by atoms with van der Waals surface area (Å²) < 4.78 is 26.7. The molecule has 1 N–H and O–H groups in total. The Bertz CT molecular complexity index is 1210. The zero-order valence-electron chi connectivity index (χ0n) is 22.2. The molecule has 3 amide bonds. The molecule has 2 aliphatic rings. The molecule has 212 valence electrons. The molecular formula is C27H32ClFIN4O5-. The third-order valence-electron chi connectivity index (χ3n) is 6.06. The molecule has 0 aromatic heterocycles. The molecule has 2 aromatic rings. The number of piperazine rings is 1. The molecule has 0 spiro atoms. The topological polar surface area (TPSA) is 91.4 Å². The number of alkyl halides is 1. The van der Waals surface area contributed by atoms with Crippen LogP contribution in [0.25, 0.3) is 0 Å². The zero-order valence-corrected chi connectivity index (χ0v) is 25.2. The third-order valence-corrected chi connectivity index (χ3v) is 9.51. The first-order valence-corrected chi connectivity index (χ1v) is 15.1. The summed E-state index contributed by atoms with van der Waals surface area (Å²) in [5, 5.41) is 3.10. The van der Waals surface area contributed by atoms with Crippen LogP contribution in [0.4, 0.5) is 14.9 Å². The van der Waals surface area contributed by atoms with Gasteiger partial charge in [-0.3, -0.25) is 0 Å². The summed E-state index contributed by atoms with van der Waals surface area (Å²) in [6.07, 6.45) is -0.330. The number of rotatable bonds is 6. The predicted octanol–water partition coefficient (Wildman–Crippen LogP) is 1.11. The van der Waals surface area contributed by atoms with E-state index in [0.717, 1.165) is 5.56 Å². The van der Waals surface area contributed by atoms with E-state index in [0.29, 0.717) is 42.6 Å². The van der Waals surface area contributed by atoms with E-state index in [1.165, 1.54) is 19.1 Å². The van der Waals surface area contributed by atoms with Crippen LogP contribution in [-0.2, 0) is 20.9 Å². The summed E-state index contributed by atoms with van der Waals surface area (Å²) in [6.45, 7) is 8.57. The van der Waals surface area contributed by atoms with E-state index in [1.54, 1.807) is 35.2 Å². The molecule has 0 aliphatic carbocycles. The quantitative estimate of drug-likeness (QED) is 0.214. The fourth-order valence-corrected chi connectivity index (χ4v) is 7.94. The molecular weight excluding hydrogens is 642 g/mol. The van der Waals surface area contributed by atoms with Crippen molar-refractivity contribution in [1.29, 1.82) is 0 Å². The van der Waals surface area contributed by atoms with Gasteiger partial charge in [-0.1, -0.05) is 0 Å². The van der Waals surface area contributed by atoms with Crippen LogP contribution >= 0.6 is 11.6 Å². The molecule has 4 rings (SSSR count). The Morgan fingerprint density at radius 2 is 1.82 bits per heavy atom. The van der Waals surface area contributed by atoms with Gasteiger partial charge in [0, 0.05) is 0 Å². The SMILES string of the molecule is CC(=O)Nc1cc(Cl)ccc1OCC(=O)N1CC2CN(C(=O)OC(C)(C)C)[I-]C(C1)N2Cc1ccc(F)cc1. The molecule has 2 heterocycles. The van der Waals surface area contributed by atoms with Crippen LogP contribution in [-0.4, -0.2) is 72.8 Å². The average Bonchev–Trinajstić information content (AvgIpc) is 2.83. The number of nitrogens with one attached hydrogen (secondary N) is 1. The summed E-state index contributed by atoms with van der Waals surface area (Å²) in [7, 11) is 0. The third kappa shape index (κ3) is 7.95. The minimum absolute atomic E-state index is 0.0386. The van der Waals surface area contributed by atoms with Gasteiger partial charge in [-0.2, -0.15) is 0 Å². The maximum atomic E-state index is 13.5. The fourth-order valence-electron chi connectivity index (χ4n) is 4.36. The average molecular weight is 674 g/mol. The van der Waals surface area contributed by atoms with Gasteiger partial charge in [0.25, 0.3) is 0 Å². The first kappa shape index (κ1) is 29.3. The minimum atomic E-state index is -0.846. The Morgan fingerprint density at radius 1 is 1.10 bits per heavy atom. The van der Waals surface area contributed by atoms with Crippen molar-refractivity contribution in [1.82, 2.24) is 12.9 Å². The molecule has 2 atom stereocenters. The molecule has 9 nitrogen and oxygen atoms in total. The van der Waals surface area contributed by atoms with Gasteiger partial charge in [0.1, 0.15) is 0 Å². The summed E-state index contributed by atoms with van der Waals surface area (Å²) in [5.74, 6) is -0.413. The molecule has 12 heteroatoms. The molecule has 2 unspecified atom stereocenters. The molecule has 0 radical (unpaired) electrons. The van der Waals surface area contributed by atoms with Crippen molar-refractivity contribution in [2.75, 3.05) is 31.6 Å². The molecule has 0 saturated carbocycles. The monoisotopic (exact) mass is 673 g/mol. The Morgan fingerprint density at radius 3 is 2.46 bits per heavy atom. The molecule has 39 heavy (non-hydrogen) atoms. The second kappa shape index (κ2) is 12.3. The molecule has 2 aliphatic heterocycles. The molecule has 2 bridgehead atoms. The first-order valence-electron chi connectivity index (χ1n) is 12.5. The van der Waals surface area contributed by atoms with Crippen molar-refractivity contribution in [3.05, 3.63) is 58.9 Å². The van der Waals surface area contributed by atoms with E-state index in [2.05, 4.69) is 10.2 Å². The Labute approximate surface area is 243 Å². The van der Waals surface area contributed by atoms with Crippen molar-refractivity contribution in [2.45, 2.75) is 49.9 Å². The number of hydrogen-bond acceptors (Lipinski definition) is 6. The fraction of sp³-hybridized carbons (Fsp3) is 0.444. The van der Waals surface area contributed by atoms with Crippen molar-refractivity contribution in [3.8, 4) is 5.75 Å². The van der Waals surface area contributed by atoms with Crippen molar-refractivity contribution in [2.24, 2.45) is 0 Å². The van der Waals surface area contributed by atoms with Crippen molar-refractivity contribution < 1.29 is 49.7 Å². The standard InChI is InChI=1S/C27H32ClFIN4O5/c1-17(35)31-22-11-19(28)7-10-23(22)38-16-25(36)32-13-21-14-34(26(37)39-27(2,3)4)30-24(15-32)33(21)12-18-5-8-20(29)9-6-18/h5-11,21,24H,12-16H2,1-4H3,(H,31,35)/q-1. The van der Waals surface area contributed by atoms with Gasteiger partial charge in [-0.05, 0) is 0 Å². The van der Waals surface area contributed by atoms with Crippen LogP contribution < -0.4 is 31.5 Å². The predicted molar refractivity (Wildman–Crippen MR) is 140 cm³/mol. The van der Waals surface area contributed by atoms with E-state index < -0.39 is 27.1 Å². The van der Waals surface area contributed by atoms with Crippen LogP contribution in [0.3, 0.4) is 0 Å². The number of carbonyl (C=O) groups is 3. The van der Waals surface area contributed by atoms with Gasteiger partial charge >= 0.3 is 244 Å². The van der Waals surface area contributed by atoms with Gasteiger partial charge in [0.2, 0.25) is 0 Å². The number of benzene rings is 2. The number of halogens is 3. The number of anilines is 1. The second-order valence-corrected chi connectivity index (χ2v) is 14.0. The summed E-state index contributed by atoms with van der Waals surface area (Å²) in [4.78, 5) is 41.8. The molecule has 2 fully saturated rings. The number of fused-ring (bicyclic) bond motifs is 2. The van der Waals surface area contributed by atoms with E-state index in [1.807, 2.05) is 23.9 Å². The number of nitrogens with zero attached hydrogens (tertiary/aromatic N) is 3. The van der Waals surface area contributed by atoms with Crippen LogP contribution in [0.1, 0.15) is 33.3 Å². The Balaban J connectivity index is 1.46. The van der Waals surface area contributed by atoms with E-state index in [9.17, 15) is 18.8 Å². The van der Waals surface area contributed by atoms with Crippen LogP contribution in [0.5, 0.6) is 5.75 Å². The van der Waals surface area contributed by atoms with Gasteiger partial charge < -0.3 is 0 Å².